The van der Waals surface area contributed by atoms with Crippen molar-refractivity contribution in [1.82, 2.24) is 19.8 Å². The molecule has 294 valence electrons. The third-order valence-corrected chi connectivity index (χ3v) is 11.1. The van der Waals surface area contributed by atoms with Crippen LogP contribution in [0, 0.1) is 5.92 Å². The van der Waals surface area contributed by atoms with Gasteiger partial charge in [0, 0.05) is 43.2 Å². The van der Waals surface area contributed by atoms with Crippen LogP contribution >= 0.6 is 0 Å². The van der Waals surface area contributed by atoms with Crippen molar-refractivity contribution in [2.45, 2.75) is 50.9 Å². The molecule has 3 aliphatic rings. The molecule has 14 heteroatoms. The van der Waals surface area contributed by atoms with E-state index in [-0.39, 0.29) is 38.8 Å². The summed E-state index contributed by atoms with van der Waals surface area (Å²) in [5, 5.41) is 35.6. The van der Waals surface area contributed by atoms with Crippen LogP contribution in [-0.2, 0) is 19.5 Å². The average Bonchev–Trinajstić information content (AvgIpc) is 3.49. The number of oxazole rings is 1. The normalized spacial score (nSPS) is 18.0. The molecule has 0 saturated carbocycles. The molecule has 1 amide bonds. The first-order valence-corrected chi connectivity index (χ1v) is 18.5. The van der Waals surface area contributed by atoms with Gasteiger partial charge in [0.1, 0.15) is 5.75 Å². The highest BCUT2D eigenvalue weighted by atomic mass is 19.0. The SMILES string of the molecule is F.F.O=C(O)N(c1cc(CCCn2c(=O)oc3ccc(CNC[C@H](O)c4ccc(O)c5[nH]c(=O)ccc45)cc32)ccc1-c1ccccc1)C1CN2CCC1CC2. The lowest BCUT2D eigenvalue weighted by Crippen LogP contribution is -2.59. The molecular weight excluding hydrogens is 724 g/mol. The number of carbonyl (C=O) groups is 1. The molecule has 3 aliphatic heterocycles. The predicted molar refractivity (Wildman–Crippen MR) is 212 cm³/mol. The molecule has 9 rings (SSSR count). The Hall–Kier alpha value is -5.83. The maximum Gasteiger partial charge on any atom is 0.419 e. The van der Waals surface area contributed by atoms with E-state index in [1.54, 1.807) is 27.7 Å². The Kier molecular flexibility index (Phi) is 12.0. The van der Waals surface area contributed by atoms with Crippen molar-refractivity contribution in [3.8, 4) is 16.9 Å². The summed E-state index contributed by atoms with van der Waals surface area (Å²) in [6.07, 6.45) is 1.42. The Labute approximate surface area is 320 Å². The number of H-pyrrole nitrogens is 1. The third kappa shape index (κ3) is 7.94. The molecule has 1 unspecified atom stereocenters. The molecule has 3 saturated heterocycles. The van der Waals surface area contributed by atoms with E-state index in [9.17, 15) is 29.7 Å². The van der Waals surface area contributed by atoms with E-state index in [2.05, 4.69) is 21.3 Å². The van der Waals surface area contributed by atoms with Gasteiger partial charge in [-0.1, -0.05) is 54.6 Å². The van der Waals surface area contributed by atoms with Crippen LogP contribution in [0.25, 0.3) is 33.1 Å². The maximum atomic E-state index is 13.0. The number of pyridine rings is 1. The van der Waals surface area contributed by atoms with Crippen LogP contribution < -0.4 is 21.5 Å². The van der Waals surface area contributed by atoms with E-state index < -0.39 is 18.0 Å². The van der Waals surface area contributed by atoms with Crippen molar-refractivity contribution in [2.75, 3.05) is 31.1 Å². The van der Waals surface area contributed by atoms with Crippen LogP contribution in [-0.4, -0.2) is 68.1 Å². The van der Waals surface area contributed by atoms with Crippen LogP contribution in [0.5, 0.6) is 5.75 Å². The van der Waals surface area contributed by atoms with Crippen molar-refractivity contribution in [2.24, 2.45) is 5.92 Å². The molecule has 2 atom stereocenters. The number of rotatable bonds is 12. The van der Waals surface area contributed by atoms with Crippen LogP contribution in [0.2, 0.25) is 0 Å². The number of aliphatic hydroxyl groups is 1. The predicted octanol–water partition coefficient (Wildman–Crippen LogP) is 6.15. The van der Waals surface area contributed by atoms with Gasteiger partial charge in [-0.15, -0.1) is 0 Å². The second-order valence-electron chi connectivity index (χ2n) is 14.4. The minimum atomic E-state index is -0.939. The smallest absolute Gasteiger partial charge is 0.419 e. The Balaban J connectivity index is 0.00000266. The number of benzene rings is 4. The summed E-state index contributed by atoms with van der Waals surface area (Å²) in [6, 6.07) is 27.5. The first kappa shape index (κ1) is 39.9. The molecule has 0 spiro atoms. The highest BCUT2D eigenvalue weighted by molar-refractivity contribution is 5.94. The van der Waals surface area contributed by atoms with Crippen LogP contribution in [0.15, 0.2) is 105 Å². The first-order chi connectivity index (χ1) is 26.2. The number of fused-ring (bicyclic) bond motifs is 5. The zero-order valence-corrected chi connectivity index (χ0v) is 30.6. The number of halogens is 2. The Morgan fingerprint density at radius 3 is 2.45 bits per heavy atom. The van der Waals surface area contributed by atoms with E-state index in [1.165, 1.54) is 12.1 Å². The number of phenols is 1. The highest BCUT2D eigenvalue weighted by Crippen LogP contribution is 2.39. The van der Waals surface area contributed by atoms with Gasteiger partial charge in [0.25, 0.3) is 0 Å². The number of aryl methyl sites for hydroxylation is 2. The number of piperidine rings is 3. The fraction of sp³-hybridized carbons (Fsp3) is 0.310. The van der Waals surface area contributed by atoms with Crippen molar-refractivity contribution < 1.29 is 33.9 Å². The van der Waals surface area contributed by atoms with E-state index in [0.29, 0.717) is 59.6 Å². The van der Waals surface area contributed by atoms with Crippen LogP contribution in [0.3, 0.4) is 0 Å². The number of aromatic hydroxyl groups is 1. The number of phenolic OH excluding ortho intramolecular Hbond substituents is 1. The molecule has 5 heterocycles. The number of aliphatic hydroxyl groups excluding tert-OH is 1. The van der Waals surface area contributed by atoms with Gasteiger partial charge in [-0.3, -0.25) is 23.7 Å². The summed E-state index contributed by atoms with van der Waals surface area (Å²) in [5.41, 5.74) is 6.11. The zero-order valence-electron chi connectivity index (χ0n) is 30.6. The molecule has 2 aromatic heterocycles. The molecule has 3 fully saturated rings. The Morgan fingerprint density at radius 1 is 0.946 bits per heavy atom. The molecule has 4 aromatic carbocycles. The average molecular weight is 770 g/mol. The lowest BCUT2D eigenvalue weighted by Gasteiger charge is -2.48. The van der Waals surface area contributed by atoms with Crippen molar-refractivity contribution in [3.05, 3.63) is 129 Å². The molecule has 2 bridgehead atoms. The van der Waals surface area contributed by atoms with Crippen LogP contribution in [0.4, 0.5) is 19.9 Å². The van der Waals surface area contributed by atoms with Gasteiger partial charge in [0.2, 0.25) is 5.56 Å². The van der Waals surface area contributed by atoms with Gasteiger partial charge >= 0.3 is 11.8 Å². The van der Waals surface area contributed by atoms with Gasteiger partial charge in [-0.2, -0.15) is 0 Å². The number of anilines is 1. The van der Waals surface area contributed by atoms with Crippen LogP contribution in [0.1, 0.15) is 42.1 Å². The van der Waals surface area contributed by atoms with E-state index in [1.807, 2.05) is 54.6 Å². The lowest BCUT2D eigenvalue weighted by molar-refractivity contribution is 0.0837. The quantitative estimate of drug-likeness (QED) is 0.0983. The topological polar surface area (TPSA) is 164 Å². The Morgan fingerprint density at radius 2 is 1.71 bits per heavy atom. The third-order valence-electron chi connectivity index (χ3n) is 11.1. The standard InChI is InChI=1S/C42H43N5O7.2FH/c48-36-13-11-31(32-12-15-39(50)44-40(32)36)37(49)24-43-23-27-9-14-38-34(22-27)46(42(53)54-38)18-4-5-26-8-10-30(28-6-2-1-3-7-28)33(21-26)47(41(51)52)35-25-45-19-16-29(35)17-20-45;;/h1-3,6-15,21-22,29,35,37,43,48-49H,4-5,16-20,23-25H2,(H,44,50)(H,51,52);2*1H/t35?,37-;;/m0../s1. The second-order valence-corrected chi connectivity index (χ2v) is 14.4. The summed E-state index contributed by atoms with van der Waals surface area (Å²) in [4.78, 5) is 44.4. The number of hydrogen-bond donors (Lipinski definition) is 5. The fourth-order valence-corrected chi connectivity index (χ4v) is 8.33. The summed E-state index contributed by atoms with van der Waals surface area (Å²) >= 11 is 0. The summed E-state index contributed by atoms with van der Waals surface area (Å²) < 4.78 is 7.21. The van der Waals surface area contributed by atoms with Crippen molar-refractivity contribution in [1.29, 1.82) is 0 Å². The first-order valence-electron chi connectivity index (χ1n) is 18.5. The molecule has 0 aliphatic carbocycles. The highest BCUT2D eigenvalue weighted by Gasteiger charge is 2.41. The fourth-order valence-electron chi connectivity index (χ4n) is 8.33. The van der Waals surface area contributed by atoms with Crippen molar-refractivity contribution >= 4 is 33.8 Å². The minimum absolute atomic E-state index is 0. The molecule has 12 nitrogen and oxygen atoms in total. The van der Waals surface area contributed by atoms with E-state index >= 15 is 0 Å². The number of aromatic amines is 1. The number of hydrogen-bond acceptors (Lipinski definition) is 8. The number of carboxylic acid groups (broad SMARTS) is 1. The zero-order chi connectivity index (χ0) is 37.3. The minimum Gasteiger partial charge on any atom is -0.506 e. The molecular formula is C42H45F2N5O7. The largest absolute Gasteiger partial charge is 0.506 e. The summed E-state index contributed by atoms with van der Waals surface area (Å²) in [5.74, 6) is -0.180. The summed E-state index contributed by atoms with van der Waals surface area (Å²) in [6.45, 7) is 3.81. The van der Waals surface area contributed by atoms with Gasteiger partial charge < -0.3 is 34.9 Å². The number of nitrogens with zero attached hydrogens (tertiary/aromatic N) is 3. The van der Waals surface area contributed by atoms with Gasteiger partial charge in [-0.05, 0) is 97.3 Å². The summed E-state index contributed by atoms with van der Waals surface area (Å²) in [7, 11) is 0. The molecule has 5 N–H and O–H groups in total. The molecule has 56 heavy (non-hydrogen) atoms. The monoisotopic (exact) mass is 769 g/mol. The van der Waals surface area contributed by atoms with Crippen molar-refractivity contribution in [3.63, 3.8) is 0 Å². The van der Waals surface area contributed by atoms with Gasteiger partial charge in [0.15, 0.2) is 5.58 Å². The molecule has 6 aromatic rings. The van der Waals surface area contributed by atoms with Gasteiger partial charge in [0.05, 0.1) is 28.9 Å². The second kappa shape index (κ2) is 16.9. The number of aromatic nitrogens is 2. The van der Waals surface area contributed by atoms with E-state index in [4.69, 9.17) is 4.42 Å². The molecule has 0 radical (unpaired) electrons. The Bertz CT molecular complexity index is 2440. The van der Waals surface area contributed by atoms with E-state index in [0.717, 1.165) is 54.7 Å². The number of amides is 1. The van der Waals surface area contributed by atoms with Gasteiger partial charge in [-0.25, -0.2) is 9.59 Å². The lowest BCUT2D eigenvalue weighted by atomic mass is 9.82. The number of nitrogens with one attached hydrogen (secondary N) is 2. The maximum absolute atomic E-state index is 13.0.